The van der Waals surface area contributed by atoms with Gasteiger partial charge in [0, 0.05) is 26.8 Å². The number of nitrogens with one attached hydrogen (secondary N) is 1. The highest BCUT2D eigenvalue weighted by Crippen LogP contribution is 2.31. The lowest BCUT2D eigenvalue weighted by atomic mass is 9.79. The molecule has 0 aromatic carbocycles. The van der Waals surface area contributed by atoms with Crippen molar-refractivity contribution >= 4 is 0 Å². The summed E-state index contributed by atoms with van der Waals surface area (Å²) in [5, 5.41) is 13.7. The lowest BCUT2D eigenvalue weighted by Crippen LogP contribution is -2.44. The summed E-state index contributed by atoms with van der Waals surface area (Å²) in [6.45, 7) is 6.86. The molecule has 0 amide bonds. The van der Waals surface area contributed by atoms with E-state index < -0.39 is 5.60 Å². The van der Waals surface area contributed by atoms with Crippen molar-refractivity contribution in [1.82, 2.24) is 5.32 Å². The van der Waals surface area contributed by atoms with Crippen LogP contribution in [0.5, 0.6) is 0 Å². The predicted molar refractivity (Wildman–Crippen MR) is 66.5 cm³/mol. The van der Waals surface area contributed by atoms with Crippen LogP contribution in [0.2, 0.25) is 0 Å². The third-order valence-electron chi connectivity index (χ3n) is 3.60. The Hall–Kier alpha value is -0.120. The van der Waals surface area contributed by atoms with Gasteiger partial charge in [0.2, 0.25) is 0 Å². The van der Waals surface area contributed by atoms with Crippen LogP contribution in [0.1, 0.15) is 39.5 Å². The van der Waals surface area contributed by atoms with Gasteiger partial charge >= 0.3 is 0 Å². The summed E-state index contributed by atoms with van der Waals surface area (Å²) >= 11 is 0. The molecule has 16 heavy (non-hydrogen) atoms. The number of rotatable bonds is 6. The minimum Gasteiger partial charge on any atom is -0.389 e. The van der Waals surface area contributed by atoms with Crippen LogP contribution in [-0.2, 0) is 4.74 Å². The molecular formula is C13H27NO2. The minimum absolute atomic E-state index is 0.459. The lowest BCUT2D eigenvalue weighted by Gasteiger charge is -2.35. The summed E-state index contributed by atoms with van der Waals surface area (Å²) in [6.07, 6.45) is 4.21. The molecule has 0 aromatic heterocycles. The quantitative estimate of drug-likeness (QED) is 0.730. The second-order valence-corrected chi connectivity index (χ2v) is 5.60. The zero-order valence-corrected chi connectivity index (χ0v) is 11.0. The highest BCUT2D eigenvalue weighted by molar-refractivity contribution is 4.86. The van der Waals surface area contributed by atoms with Crippen molar-refractivity contribution in [2.75, 3.05) is 26.8 Å². The molecule has 1 saturated carbocycles. The van der Waals surface area contributed by atoms with Gasteiger partial charge < -0.3 is 15.2 Å². The van der Waals surface area contributed by atoms with Gasteiger partial charge in [0.25, 0.3) is 0 Å². The lowest BCUT2D eigenvalue weighted by molar-refractivity contribution is -0.00706. The predicted octanol–water partition coefficient (Wildman–Crippen LogP) is 1.80. The topological polar surface area (TPSA) is 41.5 Å². The van der Waals surface area contributed by atoms with E-state index in [1.54, 1.807) is 7.11 Å². The van der Waals surface area contributed by atoms with Crippen LogP contribution in [0.15, 0.2) is 0 Å². The molecule has 2 N–H and O–H groups in total. The van der Waals surface area contributed by atoms with Gasteiger partial charge in [-0.3, -0.25) is 0 Å². The molecule has 96 valence electrons. The fourth-order valence-corrected chi connectivity index (χ4v) is 2.37. The highest BCUT2D eigenvalue weighted by Gasteiger charge is 2.31. The Morgan fingerprint density at radius 1 is 1.44 bits per heavy atom. The molecule has 0 spiro atoms. The summed E-state index contributed by atoms with van der Waals surface area (Å²) < 4.78 is 5.08. The van der Waals surface area contributed by atoms with Gasteiger partial charge in [-0.05, 0) is 37.5 Å². The number of aliphatic hydroxyl groups is 1. The Labute approximate surface area is 99.6 Å². The van der Waals surface area contributed by atoms with Gasteiger partial charge in [-0.25, -0.2) is 0 Å². The van der Waals surface area contributed by atoms with Crippen molar-refractivity contribution in [2.24, 2.45) is 11.8 Å². The zero-order chi connectivity index (χ0) is 12.0. The van der Waals surface area contributed by atoms with E-state index in [9.17, 15) is 5.11 Å². The van der Waals surface area contributed by atoms with Gasteiger partial charge in [0.15, 0.2) is 0 Å². The molecule has 0 heterocycles. The average Bonchev–Trinajstić information content (AvgIpc) is 2.23. The van der Waals surface area contributed by atoms with E-state index in [1.807, 2.05) is 0 Å². The fraction of sp³-hybridized carbons (Fsp3) is 1.00. The molecule has 1 aliphatic rings. The molecule has 1 fully saturated rings. The van der Waals surface area contributed by atoms with E-state index in [2.05, 4.69) is 19.2 Å². The molecule has 3 nitrogen and oxygen atoms in total. The average molecular weight is 229 g/mol. The number of hydrogen-bond acceptors (Lipinski definition) is 3. The second kappa shape index (κ2) is 6.58. The minimum atomic E-state index is -0.459. The summed E-state index contributed by atoms with van der Waals surface area (Å²) in [4.78, 5) is 0. The van der Waals surface area contributed by atoms with Crippen molar-refractivity contribution in [3.8, 4) is 0 Å². The summed E-state index contributed by atoms with van der Waals surface area (Å²) in [7, 11) is 1.73. The summed E-state index contributed by atoms with van der Waals surface area (Å²) in [5.41, 5.74) is -0.459. The van der Waals surface area contributed by atoms with Gasteiger partial charge in [0.05, 0.1) is 5.60 Å². The normalized spacial score (nSPS) is 32.6. The first-order valence-corrected chi connectivity index (χ1v) is 6.48. The maximum absolute atomic E-state index is 10.3. The van der Waals surface area contributed by atoms with E-state index in [0.29, 0.717) is 5.92 Å². The van der Waals surface area contributed by atoms with Crippen LogP contribution in [-0.4, -0.2) is 37.5 Å². The fourth-order valence-electron chi connectivity index (χ4n) is 2.37. The molecule has 0 aromatic rings. The molecule has 3 heteroatoms. The first kappa shape index (κ1) is 13.9. The largest absolute Gasteiger partial charge is 0.389 e. The van der Waals surface area contributed by atoms with Gasteiger partial charge in [0.1, 0.15) is 0 Å². The third-order valence-corrected chi connectivity index (χ3v) is 3.60. The number of ether oxygens (including phenoxy) is 1. The van der Waals surface area contributed by atoms with E-state index in [0.717, 1.165) is 51.3 Å². The Balaban J connectivity index is 2.16. The molecule has 1 unspecified atom stereocenters. The smallest absolute Gasteiger partial charge is 0.0771 e. The molecule has 1 rings (SSSR count). The van der Waals surface area contributed by atoms with E-state index in [-0.39, 0.29) is 0 Å². The van der Waals surface area contributed by atoms with Crippen molar-refractivity contribution in [3.05, 3.63) is 0 Å². The second-order valence-electron chi connectivity index (χ2n) is 5.60. The Morgan fingerprint density at radius 2 is 2.06 bits per heavy atom. The summed E-state index contributed by atoms with van der Waals surface area (Å²) in [5.74, 6) is 1.30. The summed E-state index contributed by atoms with van der Waals surface area (Å²) in [6, 6.07) is 0. The van der Waals surface area contributed by atoms with E-state index in [4.69, 9.17) is 4.74 Å². The van der Waals surface area contributed by atoms with Crippen LogP contribution < -0.4 is 5.32 Å². The van der Waals surface area contributed by atoms with Crippen LogP contribution in [0.4, 0.5) is 0 Å². The Morgan fingerprint density at radius 3 is 2.62 bits per heavy atom. The van der Waals surface area contributed by atoms with Crippen LogP contribution in [0.25, 0.3) is 0 Å². The first-order chi connectivity index (χ1) is 7.56. The molecule has 1 atom stereocenters. The van der Waals surface area contributed by atoms with E-state index >= 15 is 0 Å². The first-order valence-electron chi connectivity index (χ1n) is 6.48. The van der Waals surface area contributed by atoms with Gasteiger partial charge in [-0.2, -0.15) is 0 Å². The Kier molecular flexibility index (Phi) is 5.73. The number of hydrogen-bond donors (Lipinski definition) is 2. The third kappa shape index (κ3) is 4.81. The molecule has 1 aliphatic carbocycles. The molecule has 0 radical (unpaired) electrons. The van der Waals surface area contributed by atoms with Crippen molar-refractivity contribution < 1.29 is 9.84 Å². The monoisotopic (exact) mass is 229 g/mol. The van der Waals surface area contributed by atoms with Gasteiger partial charge in [-0.15, -0.1) is 0 Å². The van der Waals surface area contributed by atoms with Crippen LogP contribution in [0, 0.1) is 11.8 Å². The standard InChI is InChI=1S/C13H27NO2/c1-11-4-6-13(15,7-5-11)10-14-8-12(2)9-16-3/h11-12,14-15H,4-10H2,1-3H3. The van der Waals surface area contributed by atoms with Crippen LogP contribution >= 0.6 is 0 Å². The molecule has 0 aliphatic heterocycles. The van der Waals surface area contributed by atoms with Crippen molar-refractivity contribution in [3.63, 3.8) is 0 Å². The highest BCUT2D eigenvalue weighted by atomic mass is 16.5. The van der Waals surface area contributed by atoms with Crippen LogP contribution in [0.3, 0.4) is 0 Å². The molecule has 0 saturated heterocycles. The van der Waals surface area contributed by atoms with Crippen molar-refractivity contribution in [1.29, 1.82) is 0 Å². The van der Waals surface area contributed by atoms with Crippen molar-refractivity contribution in [2.45, 2.75) is 45.1 Å². The maximum Gasteiger partial charge on any atom is 0.0771 e. The molecule has 0 bridgehead atoms. The Bertz CT molecular complexity index is 188. The molecular weight excluding hydrogens is 202 g/mol. The SMILES string of the molecule is COCC(C)CNCC1(O)CCC(C)CC1. The van der Waals surface area contributed by atoms with E-state index in [1.165, 1.54) is 0 Å². The maximum atomic E-state index is 10.3. The number of methoxy groups -OCH3 is 1. The zero-order valence-electron chi connectivity index (χ0n) is 11.0. The van der Waals surface area contributed by atoms with Gasteiger partial charge in [-0.1, -0.05) is 13.8 Å².